The monoisotopic (exact) mass is 235 g/mol. The molecule has 0 aromatic heterocycles. The Labute approximate surface area is 90.1 Å². The fraction of sp³-hybridized carbons (Fsp3) is 0.100. The number of halogens is 4. The fourth-order valence-corrected chi connectivity index (χ4v) is 1.20. The summed E-state index contributed by atoms with van der Waals surface area (Å²) in [5.41, 5.74) is 0.584. The molecule has 0 bridgehead atoms. The summed E-state index contributed by atoms with van der Waals surface area (Å²) in [6, 6.07) is 3.71. The third-order valence-corrected chi connectivity index (χ3v) is 1.83. The number of rotatable bonds is 2. The van der Waals surface area contributed by atoms with E-state index >= 15 is 0 Å². The molecular formula is C10H7ClF3O. The highest BCUT2D eigenvalue weighted by Crippen LogP contribution is 2.27. The van der Waals surface area contributed by atoms with E-state index in [0.29, 0.717) is 5.56 Å². The van der Waals surface area contributed by atoms with Crippen LogP contribution >= 0.6 is 11.6 Å². The average Bonchev–Trinajstić information content (AvgIpc) is 2.07. The second kappa shape index (κ2) is 4.57. The van der Waals surface area contributed by atoms with Crippen molar-refractivity contribution in [3.05, 3.63) is 41.8 Å². The van der Waals surface area contributed by atoms with E-state index in [9.17, 15) is 13.2 Å². The molecule has 1 aromatic rings. The van der Waals surface area contributed by atoms with Crippen LogP contribution in [-0.2, 0) is 0 Å². The summed E-state index contributed by atoms with van der Waals surface area (Å²) in [6.07, 6.45) is -1.63. The van der Waals surface area contributed by atoms with E-state index in [1.807, 2.05) is 0 Å². The fourth-order valence-electron chi connectivity index (χ4n) is 0.967. The Hall–Kier alpha value is -1.16. The maximum atomic E-state index is 11.8. The lowest BCUT2D eigenvalue weighted by molar-refractivity contribution is -0.274. The van der Waals surface area contributed by atoms with Gasteiger partial charge in [-0.15, -0.1) is 13.2 Å². The molecule has 0 heterocycles. The van der Waals surface area contributed by atoms with Gasteiger partial charge in [0.2, 0.25) is 0 Å². The van der Waals surface area contributed by atoms with Crippen LogP contribution in [0.5, 0.6) is 5.75 Å². The minimum Gasteiger partial charge on any atom is -0.406 e. The lowest BCUT2D eigenvalue weighted by Gasteiger charge is -2.09. The molecule has 0 aliphatic carbocycles. The molecule has 0 N–H and O–H groups in total. The summed E-state index contributed by atoms with van der Waals surface area (Å²) in [5.74, 6) is -0.339. The van der Waals surface area contributed by atoms with Gasteiger partial charge < -0.3 is 4.74 Å². The van der Waals surface area contributed by atoms with Crippen molar-refractivity contribution in [2.75, 3.05) is 0 Å². The van der Waals surface area contributed by atoms with Gasteiger partial charge in [0.15, 0.2) is 0 Å². The molecule has 5 heteroatoms. The number of ether oxygens (including phenoxy) is 1. The summed E-state index contributed by atoms with van der Waals surface area (Å²) < 4.78 is 39.2. The standard InChI is InChI=1S/C10H7ClF3O/c1-2-3-7-4-5-8(6-9(7)11)15-10(12,13)14/h2-6H,1H2/b3-2+. The third kappa shape index (κ3) is 3.83. The van der Waals surface area contributed by atoms with Crippen LogP contribution in [0.1, 0.15) is 5.56 Å². The maximum absolute atomic E-state index is 11.8. The molecule has 0 saturated heterocycles. The summed E-state index contributed by atoms with van der Waals surface area (Å²) in [6.45, 7) is 3.45. The molecule has 0 saturated carbocycles. The number of allylic oxidation sites excluding steroid dienone is 1. The zero-order valence-electron chi connectivity index (χ0n) is 7.51. The van der Waals surface area contributed by atoms with E-state index in [4.69, 9.17) is 11.6 Å². The van der Waals surface area contributed by atoms with E-state index in [1.165, 1.54) is 18.2 Å². The first kappa shape index (κ1) is 11.9. The van der Waals surface area contributed by atoms with E-state index < -0.39 is 6.36 Å². The number of hydrogen-bond acceptors (Lipinski definition) is 1. The van der Waals surface area contributed by atoms with Gasteiger partial charge in [0.25, 0.3) is 0 Å². The van der Waals surface area contributed by atoms with Crippen LogP contribution in [0.25, 0.3) is 6.08 Å². The SMILES string of the molecule is [CH2]/C=C/c1ccc(OC(F)(F)F)cc1Cl. The zero-order valence-corrected chi connectivity index (χ0v) is 8.27. The first-order valence-electron chi connectivity index (χ1n) is 3.93. The second-order valence-corrected chi connectivity index (χ2v) is 3.04. The highest BCUT2D eigenvalue weighted by Gasteiger charge is 2.31. The van der Waals surface area contributed by atoms with Crippen molar-refractivity contribution in [2.45, 2.75) is 6.36 Å². The van der Waals surface area contributed by atoms with Gasteiger partial charge in [-0.25, -0.2) is 0 Å². The molecule has 0 atom stereocenters. The Morgan fingerprint density at radius 2 is 2.00 bits per heavy atom. The average molecular weight is 236 g/mol. The summed E-state index contributed by atoms with van der Waals surface area (Å²) in [7, 11) is 0. The smallest absolute Gasteiger partial charge is 0.406 e. The highest BCUT2D eigenvalue weighted by atomic mass is 35.5. The van der Waals surface area contributed by atoms with Crippen molar-refractivity contribution in [2.24, 2.45) is 0 Å². The van der Waals surface area contributed by atoms with Gasteiger partial charge in [-0.2, -0.15) is 0 Å². The van der Waals surface area contributed by atoms with Crippen molar-refractivity contribution in [3.63, 3.8) is 0 Å². The highest BCUT2D eigenvalue weighted by molar-refractivity contribution is 6.32. The van der Waals surface area contributed by atoms with Crippen molar-refractivity contribution in [1.29, 1.82) is 0 Å². The van der Waals surface area contributed by atoms with Crippen LogP contribution in [0.3, 0.4) is 0 Å². The predicted molar refractivity (Wildman–Crippen MR) is 52.5 cm³/mol. The quantitative estimate of drug-likeness (QED) is 0.750. The van der Waals surface area contributed by atoms with Gasteiger partial charge in [-0.1, -0.05) is 23.8 Å². The Bertz CT molecular complexity index is 371. The molecule has 0 spiro atoms. The third-order valence-electron chi connectivity index (χ3n) is 1.50. The lowest BCUT2D eigenvalue weighted by atomic mass is 10.2. The molecule has 1 nitrogen and oxygen atoms in total. The van der Waals surface area contributed by atoms with E-state index in [-0.39, 0.29) is 10.8 Å². The second-order valence-electron chi connectivity index (χ2n) is 2.63. The molecule has 1 rings (SSSR count). The summed E-state index contributed by atoms with van der Waals surface area (Å²) in [4.78, 5) is 0. The van der Waals surface area contributed by atoms with Gasteiger partial charge >= 0.3 is 6.36 Å². The first-order chi connectivity index (χ1) is 6.92. The van der Waals surface area contributed by atoms with Crippen molar-refractivity contribution < 1.29 is 17.9 Å². The van der Waals surface area contributed by atoms with Crippen molar-refractivity contribution >= 4 is 17.7 Å². The minimum absolute atomic E-state index is 0.177. The molecule has 1 aromatic carbocycles. The Balaban J connectivity index is 2.92. The maximum Gasteiger partial charge on any atom is 0.573 e. The Morgan fingerprint density at radius 3 is 2.47 bits per heavy atom. The van der Waals surface area contributed by atoms with E-state index in [2.05, 4.69) is 11.7 Å². The molecule has 0 fully saturated rings. The Morgan fingerprint density at radius 1 is 1.33 bits per heavy atom. The van der Waals surface area contributed by atoms with Crippen LogP contribution in [0.4, 0.5) is 13.2 Å². The number of hydrogen-bond donors (Lipinski definition) is 0. The molecule has 0 aliphatic rings. The van der Waals surface area contributed by atoms with Crippen molar-refractivity contribution in [1.82, 2.24) is 0 Å². The van der Waals surface area contributed by atoms with E-state index in [0.717, 1.165) is 6.07 Å². The summed E-state index contributed by atoms with van der Waals surface area (Å²) >= 11 is 5.71. The largest absolute Gasteiger partial charge is 0.573 e. The normalized spacial score (nSPS) is 12.1. The van der Waals surface area contributed by atoms with Crippen molar-refractivity contribution in [3.8, 4) is 5.75 Å². The summed E-state index contributed by atoms with van der Waals surface area (Å²) in [5, 5.41) is 0.177. The van der Waals surface area contributed by atoms with E-state index in [1.54, 1.807) is 6.08 Å². The van der Waals surface area contributed by atoms with Crippen LogP contribution in [0.2, 0.25) is 5.02 Å². The topological polar surface area (TPSA) is 9.23 Å². The predicted octanol–water partition coefficient (Wildman–Crippen LogP) is 4.09. The zero-order chi connectivity index (χ0) is 11.5. The number of benzene rings is 1. The molecule has 81 valence electrons. The minimum atomic E-state index is -4.70. The van der Waals surface area contributed by atoms with Crippen LogP contribution in [0.15, 0.2) is 24.3 Å². The molecule has 0 amide bonds. The van der Waals surface area contributed by atoms with Crippen LogP contribution in [-0.4, -0.2) is 6.36 Å². The first-order valence-corrected chi connectivity index (χ1v) is 4.31. The molecule has 0 aliphatic heterocycles. The van der Waals surface area contributed by atoms with Gasteiger partial charge in [0.05, 0.1) is 5.02 Å². The van der Waals surface area contributed by atoms with Crippen LogP contribution < -0.4 is 4.74 Å². The molecule has 15 heavy (non-hydrogen) atoms. The molecule has 0 unspecified atom stereocenters. The number of alkyl halides is 3. The van der Waals surface area contributed by atoms with Gasteiger partial charge in [-0.05, 0) is 30.7 Å². The van der Waals surface area contributed by atoms with Gasteiger partial charge in [0, 0.05) is 0 Å². The lowest BCUT2D eigenvalue weighted by Crippen LogP contribution is -2.17. The Kier molecular flexibility index (Phi) is 3.63. The van der Waals surface area contributed by atoms with Gasteiger partial charge in [0.1, 0.15) is 5.75 Å². The molecular weight excluding hydrogens is 229 g/mol. The van der Waals surface area contributed by atoms with Crippen LogP contribution in [0, 0.1) is 6.92 Å². The molecule has 1 radical (unpaired) electrons. The van der Waals surface area contributed by atoms with Gasteiger partial charge in [-0.3, -0.25) is 0 Å².